The van der Waals surface area contributed by atoms with Gasteiger partial charge in [-0.3, -0.25) is 9.89 Å². The summed E-state index contributed by atoms with van der Waals surface area (Å²) in [6, 6.07) is 0.912. The number of nitrogen functional groups attached to an aromatic ring is 1. The van der Waals surface area contributed by atoms with Crippen molar-refractivity contribution in [1.29, 1.82) is 0 Å². The number of benzene rings is 1. The number of nitrogens with zero attached hydrogens (tertiary/aromatic N) is 1. The van der Waals surface area contributed by atoms with Gasteiger partial charge in [0.15, 0.2) is 11.6 Å². The van der Waals surface area contributed by atoms with Crippen molar-refractivity contribution >= 4 is 17.4 Å². The van der Waals surface area contributed by atoms with E-state index < -0.39 is 29.0 Å². The van der Waals surface area contributed by atoms with Crippen molar-refractivity contribution in [1.82, 2.24) is 10.2 Å². The van der Waals surface area contributed by atoms with E-state index in [1.807, 2.05) is 5.32 Å². The Labute approximate surface area is 98.8 Å². The smallest absolute Gasteiger partial charge is 0.261 e. The van der Waals surface area contributed by atoms with Crippen molar-refractivity contribution in [3.8, 4) is 0 Å². The monoisotopic (exact) mass is 256 g/mol. The Morgan fingerprint density at radius 2 is 1.89 bits per heavy atom. The van der Waals surface area contributed by atoms with Crippen LogP contribution in [0.15, 0.2) is 18.3 Å². The molecule has 2 rings (SSSR count). The van der Waals surface area contributed by atoms with E-state index in [1.54, 1.807) is 0 Å². The van der Waals surface area contributed by atoms with E-state index in [0.29, 0.717) is 12.1 Å². The number of anilines is 2. The molecule has 1 aromatic heterocycles. The molecule has 0 saturated carbocycles. The molecule has 0 unspecified atom stereocenters. The molecule has 8 heteroatoms. The van der Waals surface area contributed by atoms with E-state index in [0.717, 1.165) is 6.20 Å². The van der Waals surface area contributed by atoms with Crippen LogP contribution in [-0.2, 0) is 0 Å². The lowest BCUT2D eigenvalue weighted by Crippen LogP contribution is -2.15. The number of amides is 1. The van der Waals surface area contributed by atoms with Gasteiger partial charge < -0.3 is 11.1 Å². The highest BCUT2D eigenvalue weighted by atomic mass is 19.1. The molecule has 2 aromatic rings. The van der Waals surface area contributed by atoms with Crippen LogP contribution in [0.3, 0.4) is 0 Å². The first-order valence-corrected chi connectivity index (χ1v) is 4.73. The van der Waals surface area contributed by atoms with Gasteiger partial charge in [0.05, 0.1) is 6.20 Å². The molecule has 1 aromatic carbocycles. The zero-order chi connectivity index (χ0) is 13.3. The standard InChI is InChI=1S/C10H7F3N4O/c11-4-1-6(12)8(7(13)2-4)16-10(18)5-3-15-17-9(5)14/h1-3H,(H,16,18)(H3,14,15,17). The molecule has 94 valence electrons. The second-order valence-corrected chi connectivity index (χ2v) is 3.40. The Bertz CT molecular complexity index is 588. The fourth-order valence-electron chi connectivity index (χ4n) is 1.32. The van der Waals surface area contributed by atoms with E-state index in [9.17, 15) is 18.0 Å². The summed E-state index contributed by atoms with van der Waals surface area (Å²) < 4.78 is 39.2. The summed E-state index contributed by atoms with van der Waals surface area (Å²) in [7, 11) is 0. The quantitative estimate of drug-likeness (QED) is 0.764. The molecule has 4 N–H and O–H groups in total. The fraction of sp³-hybridized carbons (Fsp3) is 0. The minimum atomic E-state index is -1.22. The highest BCUT2D eigenvalue weighted by molar-refractivity contribution is 6.07. The van der Waals surface area contributed by atoms with E-state index in [1.165, 1.54) is 0 Å². The molecule has 0 aliphatic heterocycles. The predicted octanol–water partition coefficient (Wildman–Crippen LogP) is 1.66. The van der Waals surface area contributed by atoms with Gasteiger partial charge in [-0.05, 0) is 0 Å². The number of rotatable bonds is 2. The molecule has 1 amide bonds. The summed E-state index contributed by atoms with van der Waals surface area (Å²) in [5, 5.41) is 7.73. The van der Waals surface area contributed by atoms with Crippen LogP contribution in [0.1, 0.15) is 10.4 Å². The van der Waals surface area contributed by atoms with Crippen LogP contribution < -0.4 is 11.1 Å². The van der Waals surface area contributed by atoms with Crippen molar-refractivity contribution < 1.29 is 18.0 Å². The fourth-order valence-corrected chi connectivity index (χ4v) is 1.32. The maximum Gasteiger partial charge on any atom is 0.261 e. The molecule has 0 aliphatic carbocycles. The molecule has 5 nitrogen and oxygen atoms in total. The second-order valence-electron chi connectivity index (χ2n) is 3.40. The number of nitrogens with one attached hydrogen (secondary N) is 2. The Kier molecular flexibility index (Phi) is 2.92. The molecule has 0 fully saturated rings. The third-order valence-electron chi connectivity index (χ3n) is 2.16. The van der Waals surface area contributed by atoms with Crippen LogP contribution in [0.5, 0.6) is 0 Å². The Morgan fingerprint density at radius 3 is 2.39 bits per heavy atom. The number of carbonyl (C=O) groups is 1. The predicted molar refractivity (Wildman–Crippen MR) is 57.3 cm³/mol. The molecule has 0 bridgehead atoms. The average Bonchev–Trinajstić information content (AvgIpc) is 2.69. The lowest BCUT2D eigenvalue weighted by Gasteiger charge is -2.07. The van der Waals surface area contributed by atoms with Crippen LogP contribution in [0.25, 0.3) is 0 Å². The van der Waals surface area contributed by atoms with Gasteiger partial charge in [-0.25, -0.2) is 13.2 Å². The van der Waals surface area contributed by atoms with Crippen LogP contribution in [0.4, 0.5) is 24.7 Å². The molecule has 0 spiro atoms. The van der Waals surface area contributed by atoms with Gasteiger partial charge in [0, 0.05) is 12.1 Å². The largest absolute Gasteiger partial charge is 0.383 e. The van der Waals surface area contributed by atoms with Gasteiger partial charge in [-0.1, -0.05) is 0 Å². The summed E-state index contributed by atoms with van der Waals surface area (Å²) >= 11 is 0. The number of hydrogen-bond donors (Lipinski definition) is 3. The van der Waals surface area contributed by atoms with Crippen LogP contribution in [0.2, 0.25) is 0 Å². The van der Waals surface area contributed by atoms with Crippen LogP contribution in [0, 0.1) is 17.5 Å². The zero-order valence-corrected chi connectivity index (χ0v) is 8.80. The lowest BCUT2D eigenvalue weighted by molar-refractivity contribution is 0.102. The van der Waals surface area contributed by atoms with E-state index in [2.05, 4.69) is 10.2 Å². The first-order chi connectivity index (χ1) is 8.49. The van der Waals surface area contributed by atoms with Crippen LogP contribution >= 0.6 is 0 Å². The normalized spacial score (nSPS) is 10.4. The van der Waals surface area contributed by atoms with Crippen molar-refractivity contribution in [2.75, 3.05) is 11.1 Å². The molecule has 0 atom stereocenters. The Morgan fingerprint density at radius 1 is 1.28 bits per heavy atom. The zero-order valence-electron chi connectivity index (χ0n) is 8.80. The molecule has 1 heterocycles. The molecular weight excluding hydrogens is 249 g/mol. The average molecular weight is 256 g/mol. The highest BCUT2D eigenvalue weighted by Crippen LogP contribution is 2.21. The molecular formula is C10H7F3N4O. The topological polar surface area (TPSA) is 83.8 Å². The van der Waals surface area contributed by atoms with Gasteiger partial charge in [-0.15, -0.1) is 0 Å². The van der Waals surface area contributed by atoms with Gasteiger partial charge in [-0.2, -0.15) is 5.10 Å². The van der Waals surface area contributed by atoms with E-state index in [4.69, 9.17) is 5.73 Å². The molecule has 0 radical (unpaired) electrons. The van der Waals surface area contributed by atoms with E-state index in [-0.39, 0.29) is 11.4 Å². The summed E-state index contributed by atoms with van der Waals surface area (Å²) in [6.45, 7) is 0. The van der Waals surface area contributed by atoms with Crippen molar-refractivity contribution in [3.63, 3.8) is 0 Å². The third-order valence-corrected chi connectivity index (χ3v) is 2.16. The maximum absolute atomic E-state index is 13.3. The lowest BCUT2D eigenvalue weighted by atomic mass is 10.2. The Hall–Kier alpha value is -2.51. The number of halogens is 3. The molecule has 0 aliphatic rings. The first-order valence-electron chi connectivity index (χ1n) is 4.73. The number of hydrogen-bond acceptors (Lipinski definition) is 3. The summed E-state index contributed by atoms with van der Waals surface area (Å²) in [5.41, 5.74) is 4.55. The van der Waals surface area contributed by atoms with Crippen molar-refractivity contribution in [2.45, 2.75) is 0 Å². The van der Waals surface area contributed by atoms with Crippen molar-refractivity contribution in [3.05, 3.63) is 41.3 Å². The molecule has 0 saturated heterocycles. The summed E-state index contributed by atoms with van der Waals surface area (Å²) in [5.74, 6) is -4.42. The van der Waals surface area contributed by atoms with Gasteiger partial charge in [0.25, 0.3) is 5.91 Å². The number of aromatic nitrogens is 2. The Balaban J connectivity index is 2.31. The van der Waals surface area contributed by atoms with Gasteiger partial charge >= 0.3 is 0 Å². The van der Waals surface area contributed by atoms with E-state index >= 15 is 0 Å². The summed E-state index contributed by atoms with van der Waals surface area (Å²) in [4.78, 5) is 11.6. The second kappa shape index (κ2) is 4.40. The first kappa shape index (κ1) is 12.0. The van der Waals surface area contributed by atoms with Gasteiger partial charge in [0.1, 0.15) is 22.9 Å². The third kappa shape index (κ3) is 2.12. The minimum Gasteiger partial charge on any atom is -0.383 e. The van der Waals surface area contributed by atoms with Crippen molar-refractivity contribution in [2.24, 2.45) is 0 Å². The SMILES string of the molecule is Nc1[nH]ncc1C(=O)Nc1c(F)cc(F)cc1F. The van der Waals surface area contributed by atoms with Crippen LogP contribution in [-0.4, -0.2) is 16.1 Å². The van der Waals surface area contributed by atoms with Gasteiger partial charge in [0.2, 0.25) is 0 Å². The maximum atomic E-state index is 13.3. The number of nitrogens with two attached hydrogens (primary N) is 1. The molecule has 18 heavy (non-hydrogen) atoms. The minimum absolute atomic E-state index is 0.0459. The summed E-state index contributed by atoms with van der Waals surface area (Å²) in [6.07, 6.45) is 1.10. The number of H-pyrrole nitrogens is 1. The number of carbonyl (C=O) groups excluding carboxylic acids is 1. The number of aromatic amines is 1. The highest BCUT2D eigenvalue weighted by Gasteiger charge is 2.17.